The summed E-state index contributed by atoms with van der Waals surface area (Å²) >= 11 is 0. The maximum Gasteiger partial charge on any atom is 0.268 e. The van der Waals surface area contributed by atoms with Crippen molar-refractivity contribution in [2.45, 2.75) is 238 Å². The van der Waals surface area contributed by atoms with Gasteiger partial charge in [0, 0.05) is 6.42 Å². The van der Waals surface area contributed by atoms with E-state index in [9.17, 15) is 19.4 Å². The Morgan fingerprint density at radius 3 is 1.28 bits per heavy atom. The number of quaternary nitrogens is 1. The van der Waals surface area contributed by atoms with Gasteiger partial charge in [-0.05, 0) is 12.8 Å². The molecule has 0 aromatic rings. The molecule has 2 N–H and O–H groups in total. The van der Waals surface area contributed by atoms with Gasteiger partial charge in [-0.1, -0.05) is 206 Å². The zero-order chi connectivity index (χ0) is 39.3. The van der Waals surface area contributed by atoms with E-state index < -0.39 is 20.0 Å². The molecule has 0 aliphatic heterocycles. The van der Waals surface area contributed by atoms with Gasteiger partial charge in [0.1, 0.15) is 13.2 Å². The predicted molar refractivity (Wildman–Crippen MR) is 224 cm³/mol. The summed E-state index contributed by atoms with van der Waals surface area (Å²) in [7, 11) is 1.32. The monoisotopic (exact) mass is 775 g/mol. The van der Waals surface area contributed by atoms with Gasteiger partial charge in [0.2, 0.25) is 5.91 Å². The average molecular weight is 775 g/mol. The Kier molecular flexibility index (Phi) is 36.7. The normalized spacial score (nSPS) is 14.3. The maximum absolute atomic E-state index is 12.8. The highest BCUT2D eigenvalue weighted by atomic mass is 31.2. The molecule has 1 amide bonds. The molecule has 0 saturated carbocycles. The van der Waals surface area contributed by atoms with Crippen LogP contribution in [-0.4, -0.2) is 68.5 Å². The van der Waals surface area contributed by atoms with Gasteiger partial charge in [0.05, 0.1) is 39.9 Å². The first-order chi connectivity index (χ1) is 25.5. The van der Waals surface area contributed by atoms with Gasteiger partial charge < -0.3 is 28.8 Å². The van der Waals surface area contributed by atoms with Gasteiger partial charge in [-0.3, -0.25) is 9.36 Å². The van der Waals surface area contributed by atoms with Crippen molar-refractivity contribution >= 4 is 13.7 Å². The molecule has 0 bridgehead atoms. The Morgan fingerprint density at radius 2 is 0.925 bits per heavy atom. The molecule has 0 saturated heterocycles. The summed E-state index contributed by atoms with van der Waals surface area (Å²) in [5, 5.41) is 13.9. The summed E-state index contributed by atoms with van der Waals surface area (Å²) in [6, 6.07) is -0.792. The highest BCUT2D eigenvalue weighted by Crippen LogP contribution is 2.38. The number of carbonyl (C=O) groups is 1. The third-order valence-corrected chi connectivity index (χ3v) is 11.6. The van der Waals surface area contributed by atoms with Gasteiger partial charge in [-0.2, -0.15) is 0 Å². The Labute approximate surface area is 329 Å². The van der Waals surface area contributed by atoms with Crippen LogP contribution < -0.4 is 10.2 Å². The minimum Gasteiger partial charge on any atom is -0.756 e. The standard InChI is InChI=1S/C44H91N2O6P/c1-6-8-10-12-14-16-18-19-20-21-22-23-24-25-26-27-28-29-31-33-35-37-43(47)42(41-52-53(49,50)51-40-39-46(3,4)5)45-44(48)38-36-34-32-30-17-15-13-11-9-7-2/h42-43,47H,6-41H2,1-5H3,(H-,45,48,49,50). The molecule has 0 aromatic carbocycles. The molecular weight excluding hydrogens is 683 g/mol. The summed E-state index contributed by atoms with van der Waals surface area (Å²) in [4.78, 5) is 25.2. The third kappa shape index (κ3) is 39.5. The minimum absolute atomic E-state index is 0.0159. The number of rotatable bonds is 42. The highest BCUT2D eigenvalue weighted by Gasteiger charge is 2.24. The fraction of sp³-hybridized carbons (Fsp3) is 0.977. The molecular formula is C44H91N2O6P. The molecule has 0 fully saturated rings. The quantitative estimate of drug-likeness (QED) is 0.0363. The number of carbonyl (C=O) groups excluding carboxylic acids is 1. The SMILES string of the molecule is CCCCCCCCCCCCCCCCCCCCCCCC(O)C(COP(=O)([O-])OCC[N+](C)(C)C)NC(=O)CCCCCCCCCCCC. The second kappa shape index (κ2) is 37.1. The van der Waals surface area contributed by atoms with Crippen molar-refractivity contribution in [1.82, 2.24) is 5.32 Å². The molecule has 0 radical (unpaired) electrons. The van der Waals surface area contributed by atoms with Crippen LogP contribution in [0, 0.1) is 0 Å². The Morgan fingerprint density at radius 1 is 0.585 bits per heavy atom. The van der Waals surface area contributed by atoms with Crippen molar-refractivity contribution in [2.75, 3.05) is 40.9 Å². The molecule has 318 valence electrons. The molecule has 3 atom stereocenters. The van der Waals surface area contributed by atoms with E-state index in [-0.39, 0.29) is 19.1 Å². The van der Waals surface area contributed by atoms with E-state index in [1.165, 1.54) is 161 Å². The second-order valence-corrected chi connectivity index (χ2v) is 18.5. The number of unbranched alkanes of at least 4 members (excludes halogenated alkanes) is 29. The number of hydrogen-bond donors (Lipinski definition) is 2. The lowest BCUT2D eigenvalue weighted by atomic mass is 10.0. The lowest BCUT2D eigenvalue weighted by Crippen LogP contribution is -2.46. The number of likely N-dealkylation sites (N-methyl/N-ethyl adjacent to an activating group) is 1. The highest BCUT2D eigenvalue weighted by molar-refractivity contribution is 7.45. The van der Waals surface area contributed by atoms with E-state index in [0.29, 0.717) is 23.9 Å². The molecule has 53 heavy (non-hydrogen) atoms. The van der Waals surface area contributed by atoms with Crippen LogP contribution >= 0.6 is 7.82 Å². The summed E-state index contributed by atoms with van der Waals surface area (Å²) in [5.74, 6) is -0.164. The number of nitrogens with zero attached hydrogens (tertiary/aromatic N) is 1. The van der Waals surface area contributed by atoms with Crippen molar-refractivity contribution in [1.29, 1.82) is 0 Å². The van der Waals surface area contributed by atoms with E-state index in [1.807, 2.05) is 21.1 Å². The molecule has 0 rings (SSSR count). The van der Waals surface area contributed by atoms with E-state index >= 15 is 0 Å². The number of amides is 1. The van der Waals surface area contributed by atoms with Crippen LogP contribution in [0.5, 0.6) is 0 Å². The second-order valence-electron chi connectivity index (χ2n) is 17.1. The molecule has 3 unspecified atom stereocenters. The van der Waals surface area contributed by atoms with Crippen LogP contribution in [0.3, 0.4) is 0 Å². The Bertz CT molecular complexity index is 839. The molecule has 9 heteroatoms. The van der Waals surface area contributed by atoms with Crippen LogP contribution in [0.15, 0.2) is 0 Å². The number of aliphatic hydroxyl groups excluding tert-OH is 1. The first-order valence-corrected chi connectivity index (χ1v) is 24.3. The first kappa shape index (κ1) is 52.5. The Balaban J connectivity index is 4.21. The van der Waals surface area contributed by atoms with Crippen LogP contribution in [0.2, 0.25) is 0 Å². The summed E-state index contributed by atoms with van der Waals surface area (Å²) in [6.45, 7) is 4.72. The van der Waals surface area contributed by atoms with E-state index in [4.69, 9.17) is 9.05 Å². The molecule has 8 nitrogen and oxygen atoms in total. The van der Waals surface area contributed by atoms with Gasteiger partial charge in [-0.25, -0.2) is 0 Å². The molecule has 0 heterocycles. The van der Waals surface area contributed by atoms with Crippen molar-refractivity contribution in [2.24, 2.45) is 0 Å². The van der Waals surface area contributed by atoms with Gasteiger partial charge in [0.25, 0.3) is 7.82 Å². The lowest BCUT2D eigenvalue weighted by Gasteiger charge is -2.30. The summed E-state index contributed by atoms with van der Waals surface area (Å²) in [5.41, 5.74) is 0. The van der Waals surface area contributed by atoms with E-state index in [1.54, 1.807) is 0 Å². The average Bonchev–Trinajstić information content (AvgIpc) is 3.10. The minimum atomic E-state index is -4.55. The largest absolute Gasteiger partial charge is 0.756 e. The van der Waals surface area contributed by atoms with Crippen molar-refractivity contribution in [3.63, 3.8) is 0 Å². The Hall–Kier alpha value is -0.500. The topological polar surface area (TPSA) is 108 Å². The molecule has 0 aliphatic carbocycles. The number of nitrogens with one attached hydrogen (secondary N) is 1. The zero-order valence-electron chi connectivity index (χ0n) is 36.0. The maximum atomic E-state index is 12.8. The number of phosphoric acid groups is 1. The number of phosphoric ester groups is 1. The van der Waals surface area contributed by atoms with Crippen LogP contribution in [0.4, 0.5) is 0 Å². The fourth-order valence-electron chi connectivity index (χ4n) is 6.92. The van der Waals surface area contributed by atoms with E-state index in [2.05, 4.69) is 19.2 Å². The third-order valence-electron chi connectivity index (χ3n) is 10.6. The van der Waals surface area contributed by atoms with Gasteiger partial charge in [-0.15, -0.1) is 0 Å². The lowest BCUT2D eigenvalue weighted by molar-refractivity contribution is -0.870. The fourth-order valence-corrected chi connectivity index (χ4v) is 7.65. The van der Waals surface area contributed by atoms with Crippen molar-refractivity contribution in [3.8, 4) is 0 Å². The summed E-state index contributed by atoms with van der Waals surface area (Å²) < 4.78 is 23.2. The predicted octanol–water partition coefficient (Wildman–Crippen LogP) is 12.0. The van der Waals surface area contributed by atoms with E-state index in [0.717, 1.165) is 38.5 Å². The first-order valence-electron chi connectivity index (χ1n) is 22.9. The van der Waals surface area contributed by atoms with Gasteiger partial charge in [0.15, 0.2) is 0 Å². The van der Waals surface area contributed by atoms with Crippen molar-refractivity contribution < 1.29 is 32.9 Å². The van der Waals surface area contributed by atoms with Crippen molar-refractivity contribution in [3.05, 3.63) is 0 Å². The number of aliphatic hydroxyl groups is 1. The zero-order valence-corrected chi connectivity index (χ0v) is 36.9. The molecule has 0 aliphatic rings. The van der Waals surface area contributed by atoms with Crippen LogP contribution in [0.25, 0.3) is 0 Å². The van der Waals surface area contributed by atoms with Gasteiger partial charge >= 0.3 is 0 Å². The van der Waals surface area contributed by atoms with Crippen LogP contribution in [0.1, 0.15) is 226 Å². The molecule has 0 aromatic heterocycles. The molecule has 0 spiro atoms. The number of hydrogen-bond acceptors (Lipinski definition) is 6. The van der Waals surface area contributed by atoms with Crippen LogP contribution in [-0.2, 0) is 18.4 Å². The smallest absolute Gasteiger partial charge is 0.268 e. The summed E-state index contributed by atoms with van der Waals surface area (Å²) in [6.07, 6.45) is 39.7.